The molecule has 0 fully saturated rings. The van der Waals surface area contributed by atoms with Crippen LogP contribution < -0.4 is 10.5 Å². The fourth-order valence-electron chi connectivity index (χ4n) is 1.85. The van der Waals surface area contributed by atoms with Gasteiger partial charge >= 0.3 is 0 Å². The molecule has 2 rings (SSSR count). The number of nitrogens with one attached hydrogen (secondary N) is 1. The Morgan fingerprint density at radius 1 is 1.20 bits per heavy atom. The summed E-state index contributed by atoms with van der Waals surface area (Å²) in [6, 6.07) is 11.4. The second kappa shape index (κ2) is 5.97. The lowest BCUT2D eigenvalue weighted by Gasteiger charge is -2.11. The first-order chi connectivity index (χ1) is 9.47. The minimum atomic E-state index is 0.00824. The standard InChI is InChI=1S/C16H17ClN2O/c1-10-3-4-11(2)15(7-10)20-9-13-6-5-12(16(18)19)8-14(13)17/h3-8H,9H2,1-2H3,(H3,18,19). The largest absolute Gasteiger partial charge is 0.489 e. The summed E-state index contributed by atoms with van der Waals surface area (Å²) >= 11 is 6.18. The summed E-state index contributed by atoms with van der Waals surface area (Å²) in [6.45, 7) is 4.43. The molecule has 0 saturated carbocycles. The molecule has 0 radical (unpaired) electrons. The molecule has 3 N–H and O–H groups in total. The maximum Gasteiger partial charge on any atom is 0.122 e. The van der Waals surface area contributed by atoms with E-state index < -0.39 is 0 Å². The van der Waals surface area contributed by atoms with Crippen molar-refractivity contribution >= 4 is 17.4 Å². The summed E-state index contributed by atoms with van der Waals surface area (Å²) in [5, 5.41) is 7.94. The maximum atomic E-state index is 7.38. The van der Waals surface area contributed by atoms with Crippen molar-refractivity contribution in [3.8, 4) is 5.75 Å². The smallest absolute Gasteiger partial charge is 0.122 e. The first-order valence-corrected chi connectivity index (χ1v) is 6.68. The van der Waals surface area contributed by atoms with Crippen molar-refractivity contribution < 1.29 is 4.74 Å². The Kier molecular flexibility index (Phi) is 4.30. The normalized spacial score (nSPS) is 10.3. The number of nitrogen functional groups attached to an aromatic ring is 1. The molecule has 0 heterocycles. The van der Waals surface area contributed by atoms with Gasteiger partial charge in [-0.3, -0.25) is 5.41 Å². The molecular formula is C16H17ClN2O. The van der Waals surface area contributed by atoms with Crippen LogP contribution >= 0.6 is 11.6 Å². The van der Waals surface area contributed by atoms with Crippen LogP contribution in [0, 0.1) is 19.3 Å². The van der Waals surface area contributed by atoms with E-state index >= 15 is 0 Å². The molecular weight excluding hydrogens is 272 g/mol. The molecule has 2 aromatic carbocycles. The first kappa shape index (κ1) is 14.4. The second-order valence-electron chi connectivity index (χ2n) is 4.78. The van der Waals surface area contributed by atoms with Gasteiger partial charge in [0, 0.05) is 16.1 Å². The quantitative estimate of drug-likeness (QED) is 0.664. The Labute approximate surface area is 123 Å². The fourth-order valence-corrected chi connectivity index (χ4v) is 2.09. The highest BCUT2D eigenvalue weighted by molar-refractivity contribution is 6.31. The second-order valence-corrected chi connectivity index (χ2v) is 5.18. The molecule has 4 heteroatoms. The summed E-state index contributed by atoms with van der Waals surface area (Å²) in [7, 11) is 0. The summed E-state index contributed by atoms with van der Waals surface area (Å²) in [4.78, 5) is 0. The van der Waals surface area contributed by atoms with E-state index in [1.807, 2.05) is 32.0 Å². The van der Waals surface area contributed by atoms with Crippen LogP contribution in [0.2, 0.25) is 5.02 Å². The molecule has 2 aromatic rings. The van der Waals surface area contributed by atoms with Crippen LogP contribution in [-0.2, 0) is 6.61 Å². The van der Waals surface area contributed by atoms with E-state index in [1.165, 1.54) is 0 Å². The Morgan fingerprint density at radius 3 is 2.60 bits per heavy atom. The van der Waals surface area contributed by atoms with E-state index in [9.17, 15) is 0 Å². The number of halogens is 1. The van der Waals surface area contributed by atoms with Crippen molar-refractivity contribution in [1.82, 2.24) is 0 Å². The van der Waals surface area contributed by atoms with Gasteiger partial charge in [0.2, 0.25) is 0 Å². The van der Waals surface area contributed by atoms with Crippen LogP contribution in [0.4, 0.5) is 0 Å². The van der Waals surface area contributed by atoms with E-state index in [0.29, 0.717) is 17.2 Å². The minimum Gasteiger partial charge on any atom is -0.489 e. The fraction of sp³-hybridized carbons (Fsp3) is 0.188. The Bertz CT molecular complexity index is 653. The van der Waals surface area contributed by atoms with Gasteiger partial charge in [0.15, 0.2) is 0 Å². The van der Waals surface area contributed by atoms with Gasteiger partial charge in [0.1, 0.15) is 18.2 Å². The third-order valence-electron chi connectivity index (χ3n) is 3.09. The molecule has 3 nitrogen and oxygen atoms in total. The van der Waals surface area contributed by atoms with E-state index in [1.54, 1.807) is 12.1 Å². The SMILES string of the molecule is Cc1ccc(C)c(OCc2ccc(C(=N)N)cc2Cl)c1. The summed E-state index contributed by atoms with van der Waals surface area (Å²) in [6.07, 6.45) is 0. The molecule has 0 amide bonds. The number of hydrogen-bond donors (Lipinski definition) is 2. The molecule has 0 aliphatic carbocycles. The zero-order chi connectivity index (χ0) is 14.7. The molecule has 0 aromatic heterocycles. The van der Waals surface area contributed by atoms with Gasteiger partial charge in [-0.15, -0.1) is 0 Å². The average molecular weight is 289 g/mol. The predicted molar refractivity (Wildman–Crippen MR) is 82.7 cm³/mol. The van der Waals surface area contributed by atoms with E-state index in [4.69, 9.17) is 27.5 Å². The zero-order valence-corrected chi connectivity index (χ0v) is 12.3. The van der Waals surface area contributed by atoms with Gasteiger partial charge in [0.05, 0.1) is 0 Å². The molecule has 0 unspecified atom stereocenters. The van der Waals surface area contributed by atoms with Crippen molar-refractivity contribution in [1.29, 1.82) is 5.41 Å². The van der Waals surface area contributed by atoms with Gasteiger partial charge < -0.3 is 10.5 Å². The number of rotatable bonds is 4. The molecule has 0 aliphatic heterocycles. The molecule has 104 valence electrons. The highest BCUT2D eigenvalue weighted by Crippen LogP contribution is 2.23. The molecule has 0 atom stereocenters. The number of ether oxygens (including phenoxy) is 1. The van der Waals surface area contributed by atoms with Crippen molar-refractivity contribution in [2.45, 2.75) is 20.5 Å². The summed E-state index contributed by atoms with van der Waals surface area (Å²) in [5.41, 5.74) is 9.16. The maximum absolute atomic E-state index is 7.38. The lowest BCUT2D eigenvalue weighted by molar-refractivity contribution is 0.304. The minimum absolute atomic E-state index is 0.00824. The van der Waals surface area contributed by atoms with Crippen LogP contribution in [0.5, 0.6) is 5.75 Å². The van der Waals surface area contributed by atoms with Crippen LogP contribution in [-0.4, -0.2) is 5.84 Å². The lowest BCUT2D eigenvalue weighted by atomic mass is 10.1. The lowest BCUT2D eigenvalue weighted by Crippen LogP contribution is -2.11. The van der Waals surface area contributed by atoms with Crippen LogP contribution in [0.25, 0.3) is 0 Å². The molecule has 0 saturated heterocycles. The number of amidine groups is 1. The predicted octanol–water partition coefficient (Wildman–Crippen LogP) is 3.82. The topological polar surface area (TPSA) is 59.1 Å². The van der Waals surface area contributed by atoms with Crippen molar-refractivity contribution in [2.24, 2.45) is 5.73 Å². The van der Waals surface area contributed by atoms with Gasteiger partial charge in [-0.1, -0.05) is 35.9 Å². The molecule has 0 bridgehead atoms. The van der Waals surface area contributed by atoms with Crippen LogP contribution in [0.1, 0.15) is 22.3 Å². The summed E-state index contributed by atoms with van der Waals surface area (Å²) < 4.78 is 5.82. The monoisotopic (exact) mass is 288 g/mol. The molecule has 20 heavy (non-hydrogen) atoms. The Balaban J connectivity index is 2.15. The van der Waals surface area contributed by atoms with Crippen LogP contribution in [0.3, 0.4) is 0 Å². The van der Waals surface area contributed by atoms with Gasteiger partial charge in [-0.25, -0.2) is 0 Å². The van der Waals surface area contributed by atoms with Crippen molar-refractivity contribution in [3.05, 3.63) is 63.7 Å². The van der Waals surface area contributed by atoms with E-state index in [2.05, 4.69) is 6.07 Å². The number of hydrogen-bond acceptors (Lipinski definition) is 2. The average Bonchev–Trinajstić information content (AvgIpc) is 2.40. The van der Waals surface area contributed by atoms with Gasteiger partial charge in [0.25, 0.3) is 0 Å². The Hall–Kier alpha value is -2.00. The third kappa shape index (κ3) is 3.31. The van der Waals surface area contributed by atoms with Crippen LogP contribution in [0.15, 0.2) is 36.4 Å². The molecule has 0 aliphatic rings. The van der Waals surface area contributed by atoms with Gasteiger partial charge in [-0.05, 0) is 37.1 Å². The Morgan fingerprint density at radius 2 is 1.95 bits per heavy atom. The highest BCUT2D eigenvalue weighted by Gasteiger charge is 2.06. The van der Waals surface area contributed by atoms with Crippen molar-refractivity contribution in [2.75, 3.05) is 0 Å². The van der Waals surface area contributed by atoms with E-state index in [-0.39, 0.29) is 5.84 Å². The van der Waals surface area contributed by atoms with Gasteiger partial charge in [-0.2, -0.15) is 0 Å². The number of benzene rings is 2. The molecule has 0 spiro atoms. The number of aryl methyl sites for hydroxylation is 2. The van der Waals surface area contributed by atoms with Crippen molar-refractivity contribution in [3.63, 3.8) is 0 Å². The highest BCUT2D eigenvalue weighted by atomic mass is 35.5. The third-order valence-corrected chi connectivity index (χ3v) is 3.44. The first-order valence-electron chi connectivity index (χ1n) is 6.30. The zero-order valence-electron chi connectivity index (χ0n) is 11.5. The van der Waals surface area contributed by atoms with E-state index in [0.717, 1.165) is 22.4 Å². The number of nitrogens with two attached hydrogens (primary N) is 1. The summed E-state index contributed by atoms with van der Waals surface area (Å²) in [5.74, 6) is 0.866.